The first-order valence-electron chi connectivity index (χ1n) is 6.13. The molecule has 0 aliphatic carbocycles. The molecule has 1 aromatic carbocycles. The molecule has 0 fully saturated rings. The van der Waals surface area contributed by atoms with Crippen LogP contribution in [0.4, 0.5) is 14.5 Å². The molecule has 0 aliphatic heterocycles. The molecule has 0 bridgehead atoms. The molecule has 6 heteroatoms. The molecule has 0 radical (unpaired) electrons. The van der Waals surface area contributed by atoms with Gasteiger partial charge in [-0.05, 0) is 30.7 Å². The van der Waals surface area contributed by atoms with Gasteiger partial charge < -0.3 is 14.8 Å². The number of rotatable bonds is 7. The Morgan fingerprint density at radius 2 is 2.00 bits per heavy atom. The lowest BCUT2D eigenvalue weighted by molar-refractivity contribution is -0.136. The van der Waals surface area contributed by atoms with Gasteiger partial charge >= 0.3 is 12.6 Å². The number of alkyl halides is 2. The summed E-state index contributed by atoms with van der Waals surface area (Å²) < 4.78 is 32.8. The van der Waals surface area contributed by atoms with E-state index >= 15 is 0 Å². The summed E-state index contributed by atoms with van der Waals surface area (Å²) in [6, 6.07) is 6.13. The van der Waals surface area contributed by atoms with Crippen LogP contribution in [0.2, 0.25) is 0 Å². The quantitative estimate of drug-likeness (QED) is 0.617. The number of nitrogens with one attached hydrogen (secondary N) is 1. The molecule has 0 heterocycles. The normalized spacial score (nSPS) is 11.3. The molecule has 0 saturated heterocycles. The summed E-state index contributed by atoms with van der Waals surface area (Å²) in [5.74, 6) is -0.250. The molecular weight excluding hydrogens is 268 g/mol. The third-order valence-corrected chi connectivity index (χ3v) is 2.56. The van der Waals surface area contributed by atoms with Crippen LogP contribution in [0.15, 0.2) is 35.9 Å². The highest BCUT2D eigenvalue weighted by molar-refractivity contribution is 5.88. The van der Waals surface area contributed by atoms with Crippen LogP contribution in [0.25, 0.3) is 0 Å². The highest BCUT2D eigenvalue weighted by atomic mass is 19.3. The predicted molar refractivity (Wildman–Crippen MR) is 72.0 cm³/mol. The Labute approximate surface area is 116 Å². The minimum absolute atomic E-state index is 0.102. The zero-order valence-corrected chi connectivity index (χ0v) is 11.4. The second-order valence-corrected chi connectivity index (χ2v) is 3.86. The van der Waals surface area contributed by atoms with Gasteiger partial charge in [0.1, 0.15) is 5.75 Å². The zero-order chi connectivity index (χ0) is 15.0. The number of ether oxygens (including phenoxy) is 2. The summed E-state index contributed by atoms with van der Waals surface area (Å²) in [5, 5.41) is 3.04. The molecular formula is C14H17F2NO3. The Kier molecular flexibility index (Phi) is 6.49. The van der Waals surface area contributed by atoms with Gasteiger partial charge in [-0.25, -0.2) is 4.79 Å². The van der Waals surface area contributed by atoms with Gasteiger partial charge in [0.25, 0.3) is 0 Å². The second kappa shape index (κ2) is 8.14. The number of anilines is 1. The lowest BCUT2D eigenvalue weighted by atomic mass is 10.2. The maximum absolute atomic E-state index is 12.0. The standard InChI is InChI=1S/C14H17F2NO3/c1-3-10(13(18)19-2)8-9-17-11-4-6-12(7-5-11)20-14(15)16/h4-8,14,17H,3,9H2,1-2H3/b10-8-. The summed E-state index contributed by atoms with van der Waals surface area (Å²) in [7, 11) is 1.33. The van der Waals surface area contributed by atoms with Gasteiger partial charge in [0.15, 0.2) is 0 Å². The molecule has 0 saturated carbocycles. The van der Waals surface area contributed by atoms with Crippen LogP contribution in [-0.4, -0.2) is 26.2 Å². The summed E-state index contributed by atoms with van der Waals surface area (Å²) in [6.07, 6.45) is 2.31. The van der Waals surface area contributed by atoms with Crippen molar-refractivity contribution in [3.8, 4) is 5.75 Å². The van der Waals surface area contributed by atoms with Crippen molar-refractivity contribution in [3.05, 3.63) is 35.9 Å². The van der Waals surface area contributed by atoms with Crippen LogP contribution in [0.1, 0.15) is 13.3 Å². The van der Waals surface area contributed by atoms with Gasteiger partial charge in [-0.2, -0.15) is 8.78 Å². The van der Waals surface area contributed by atoms with E-state index < -0.39 is 6.61 Å². The number of halogens is 2. The third-order valence-electron chi connectivity index (χ3n) is 2.56. The van der Waals surface area contributed by atoms with Crippen LogP contribution in [0, 0.1) is 0 Å². The van der Waals surface area contributed by atoms with Crippen molar-refractivity contribution in [2.75, 3.05) is 19.0 Å². The first-order valence-corrected chi connectivity index (χ1v) is 6.13. The van der Waals surface area contributed by atoms with E-state index in [0.29, 0.717) is 18.5 Å². The third kappa shape index (κ3) is 5.26. The zero-order valence-electron chi connectivity index (χ0n) is 11.4. The first kappa shape index (κ1) is 15.9. The molecule has 0 aromatic heterocycles. The van der Waals surface area contributed by atoms with E-state index in [-0.39, 0.29) is 11.7 Å². The average Bonchev–Trinajstić information content (AvgIpc) is 2.44. The fourth-order valence-electron chi connectivity index (χ4n) is 1.55. The molecule has 110 valence electrons. The van der Waals surface area contributed by atoms with E-state index in [9.17, 15) is 13.6 Å². The van der Waals surface area contributed by atoms with E-state index in [0.717, 1.165) is 5.69 Å². The van der Waals surface area contributed by atoms with Gasteiger partial charge in [0.05, 0.1) is 7.11 Å². The molecule has 0 amide bonds. The number of benzene rings is 1. The van der Waals surface area contributed by atoms with E-state index in [1.54, 1.807) is 18.2 Å². The molecule has 0 atom stereocenters. The SMILES string of the molecule is CC/C(=C/CNc1ccc(OC(F)F)cc1)C(=O)OC. The second-order valence-electron chi connectivity index (χ2n) is 3.86. The van der Waals surface area contributed by atoms with Gasteiger partial charge in [-0.1, -0.05) is 13.0 Å². The average molecular weight is 285 g/mol. The Bertz CT molecular complexity index is 458. The minimum Gasteiger partial charge on any atom is -0.466 e. The number of hydrogen-bond donors (Lipinski definition) is 1. The summed E-state index contributed by atoms with van der Waals surface area (Å²) in [4.78, 5) is 11.3. The Hall–Kier alpha value is -2.11. The molecule has 20 heavy (non-hydrogen) atoms. The van der Waals surface area contributed by atoms with Crippen LogP contribution < -0.4 is 10.1 Å². The fraction of sp³-hybridized carbons (Fsp3) is 0.357. The maximum atomic E-state index is 12.0. The van der Waals surface area contributed by atoms with Crippen molar-refractivity contribution in [1.82, 2.24) is 0 Å². The highest BCUT2D eigenvalue weighted by Crippen LogP contribution is 2.17. The van der Waals surface area contributed by atoms with Gasteiger partial charge in [-0.15, -0.1) is 0 Å². The van der Waals surface area contributed by atoms with Crippen LogP contribution in [-0.2, 0) is 9.53 Å². The van der Waals surface area contributed by atoms with Gasteiger partial charge in [0, 0.05) is 17.8 Å². The molecule has 4 nitrogen and oxygen atoms in total. The number of carbonyl (C=O) groups excluding carboxylic acids is 1. The van der Waals surface area contributed by atoms with E-state index in [1.165, 1.54) is 19.2 Å². The summed E-state index contributed by atoms with van der Waals surface area (Å²) >= 11 is 0. The van der Waals surface area contributed by atoms with E-state index in [1.807, 2.05) is 6.92 Å². The molecule has 1 rings (SSSR count). The van der Waals surface area contributed by atoms with Crippen LogP contribution in [0.5, 0.6) is 5.75 Å². The van der Waals surface area contributed by atoms with Crippen molar-refractivity contribution in [2.45, 2.75) is 20.0 Å². The van der Waals surface area contributed by atoms with Gasteiger partial charge in [-0.3, -0.25) is 0 Å². The number of methoxy groups -OCH3 is 1. The highest BCUT2D eigenvalue weighted by Gasteiger charge is 2.06. The molecule has 0 unspecified atom stereocenters. The number of hydrogen-bond acceptors (Lipinski definition) is 4. The smallest absolute Gasteiger partial charge is 0.387 e. The predicted octanol–water partition coefficient (Wildman–Crippen LogP) is 3.21. The maximum Gasteiger partial charge on any atom is 0.387 e. The lowest BCUT2D eigenvalue weighted by Gasteiger charge is -2.07. The van der Waals surface area contributed by atoms with Crippen molar-refractivity contribution < 1.29 is 23.0 Å². The monoisotopic (exact) mass is 285 g/mol. The first-order chi connectivity index (χ1) is 9.56. The topological polar surface area (TPSA) is 47.6 Å². The minimum atomic E-state index is -2.83. The lowest BCUT2D eigenvalue weighted by Crippen LogP contribution is -2.07. The Morgan fingerprint density at radius 3 is 2.50 bits per heavy atom. The largest absolute Gasteiger partial charge is 0.466 e. The van der Waals surface area contributed by atoms with Crippen LogP contribution >= 0.6 is 0 Å². The van der Waals surface area contributed by atoms with Crippen LogP contribution in [0.3, 0.4) is 0 Å². The van der Waals surface area contributed by atoms with Crippen molar-refractivity contribution in [3.63, 3.8) is 0 Å². The molecule has 0 spiro atoms. The summed E-state index contributed by atoms with van der Waals surface area (Å²) in [6.45, 7) is -0.532. The van der Waals surface area contributed by atoms with Crippen molar-refractivity contribution >= 4 is 11.7 Å². The van der Waals surface area contributed by atoms with E-state index in [4.69, 9.17) is 0 Å². The molecule has 0 aliphatic rings. The number of esters is 1. The Balaban J connectivity index is 2.53. The van der Waals surface area contributed by atoms with Crippen molar-refractivity contribution in [1.29, 1.82) is 0 Å². The van der Waals surface area contributed by atoms with Gasteiger partial charge in [0.2, 0.25) is 0 Å². The Morgan fingerprint density at radius 1 is 1.35 bits per heavy atom. The molecule has 1 N–H and O–H groups in total. The fourth-order valence-corrected chi connectivity index (χ4v) is 1.55. The summed E-state index contributed by atoms with van der Waals surface area (Å²) in [5.41, 5.74) is 1.32. The number of carbonyl (C=O) groups is 1. The molecule has 1 aromatic rings. The van der Waals surface area contributed by atoms with Crippen molar-refractivity contribution in [2.24, 2.45) is 0 Å². The van der Waals surface area contributed by atoms with E-state index in [2.05, 4.69) is 14.8 Å².